The monoisotopic (exact) mass is 312 g/mol. The lowest BCUT2D eigenvalue weighted by Gasteiger charge is -2.15. The van der Waals surface area contributed by atoms with E-state index in [0.29, 0.717) is 0 Å². The molecule has 1 aliphatic carbocycles. The summed E-state index contributed by atoms with van der Waals surface area (Å²) in [6.07, 6.45) is 1.64. The largest absolute Gasteiger partial charge is 0.480 e. The molecule has 114 valence electrons. The topological polar surface area (TPSA) is 104 Å². The van der Waals surface area contributed by atoms with Crippen molar-refractivity contribution in [2.75, 3.05) is 13.6 Å². The van der Waals surface area contributed by atoms with Crippen LogP contribution in [0.5, 0.6) is 0 Å². The summed E-state index contributed by atoms with van der Waals surface area (Å²) < 4.78 is 26.7. The first kappa shape index (κ1) is 15.5. The quantitative estimate of drug-likeness (QED) is 0.785. The minimum atomic E-state index is -3.64. The summed E-state index contributed by atoms with van der Waals surface area (Å²) in [6, 6.07) is 5.55. The summed E-state index contributed by atoms with van der Waals surface area (Å²) in [5.41, 5.74) is 0.137. The van der Waals surface area contributed by atoms with Crippen LogP contribution in [0.2, 0.25) is 0 Å². The number of carboxylic acid groups (broad SMARTS) is 1. The van der Waals surface area contributed by atoms with Crippen LogP contribution < -0.4 is 4.72 Å². The maximum atomic E-state index is 12.1. The van der Waals surface area contributed by atoms with E-state index in [1.165, 1.54) is 31.3 Å². The van der Waals surface area contributed by atoms with E-state index < -0.39 is 28.4 Å². The molecule has 1 saturated carbocycles. The van der Waals surface area contributed by atoms with Gasteiger partial charge in [-0.1, -0.05) is 6.07 Å². The molecule has 0 saturated heterocycles. The number of aliphatic carboxylic acids is 1. The number of nitrogens with one attached hydrogen (secondary N) is 1. The molecule has 8 heteroatoms. The number of likely N-dealkylation sites (N-methyl/N-ethyl adjacent to an activating group) is 1. The van der Waals surface area contributed by atoms with E-state index in [0.717, 1.165) is 17.7 Å². The van der Waals surface area contributed by atoms with Gasteiger partial charge in [0, 0.05) is 18.7 Å². The number of carbonyl (C=O) groups is 2. The SMILES string of the molecule is CN(CC(=O)O)C(=O)c1cccc(S(=O)(=O)NC2CC2)c1. The maximum absolute atomic E-state index is 12.1. The number of carboxylic acids is 1. The summed E-state index contributed by atoms with van der Waals surface area (Å²) in [6.45, 7) is -0.448. The molecule has 1 fully saturated rings. The zero-order valence-electron chi connectivity index (χ0n) is 11.4. The van der Waals surface area contributed by atoms with Crippen molar-refractivity contribution in [2.45, 2.75) is 23.8 Å². The number of nitrogens with zero attached hydrogens (tertiary/aromatic N) is 1. The van der Waals surface area contributed by atoms with Crippen molar-refractivity contribution in [3.05, 3.63) is 29.8 Å². The van der Waals surface area contributed by atoms with Crippen LogP contribution in [0.4, 0.5) is 0 Å². The molecule has 21 heavy (non-hydrogen) atoms. The van der Waals surface area contributed by atoms with Crippen LogP contribution in [-0.2, 0) is 14.8 Å². The Labute approximate surface area is 122 Å². The van der Waals surface area contributed by atoms with Crippen molar-refractivity contribution in [2.24, 2.45) is 0 Å². The first-order chi connectivity index (χ1) is 9.79. The molecule has 2 rings (SSSR count). The van der Waals surface area contributed by atoms with E-state index in [2.05, 4.69) is 4.72 Å². The zero-order chi connectivity index (χ0) is 15.6. The summed E-state index contributed by atoms with van der Waals surface area (Å²) in [5, 5.41) is 8.67. The van der Waals surface area contributed by atoms with Gasteiger partial charge in [-0.2, -0.15) is 0 Å². The molecule has 0 aromatic heterocycles. The Morgan fingerprint density at radius 1 is 1.38 bits per heavy atom. The molecule has 0 unspecified atom stereocenters. The van der Waals surface area contributed by atoms with Crippen LogP contribution in [0.15, 0.2) is 29.2 Å². The fourth-order valence-corrected chi connectivity index (χ4v) is 3.13. The zero-order valence-corrected chi connectivity index (χ0v) is 12.3. The summed E-state index contributed by atoms with van der Waals surface area (Å²) in [4.78, 5) is 23.7. The van der Waals surface area contributed by atoms with Crippen LogP contribution >= 0.6 is 0 Å². The number of sulfonamides is 1. The molecular formula is C13H16N2O5S. The maximum Gasteiger partial charge on any atom is 0.323 e. The third-order valence-corrected chi connectivity index (χ3v) is 4.53. The average Bonchev–Trinajstić information content (AvgIpc) is 3.20. The lowest BCUT2D eigenvalue weighted by Crippen LogP contribution is -2.32. The highest BCUT2D eigenvalue weighted by molar-refractivity contribution is 7.89. The molecule has 1 amide bonds. The highest BCUT2D eigenvalue weighted by Crippen LogP contribution is 2.22. The average molecular weight is 312 g/mol. The fourth-order valence-electron chi connectivity index (χ4n) is 1.78. The molecule has 1 aliphatic rings. The predicted molar refractivity (Wildman–Crippen MR) is 74.4 cm³/mol. The second-order valence-electron chi connectivity index (χ2n) is 4.98. The Bertz CT molecular complexity index is 667. The lowest BCUT2D eigenvalue weighted by molar-refractivity contribution is -0.137. The van der Waals surface area contributed by atoms with Gasteiger partial charge in [-0.15, -0.1) is 0 Å². The molecule has 0 atom stereocenters. The number of rotatable bonds is 6. The third kappa shape index (κ3) is 4.02. The molecule has 0 aliphatic heterocycles. The highest BCUT2D eigenvalue weighted by Gasteiger charge is 2.28. The van der Waals surface area contributed by atoms with Gasteiger partial charge in [0.1, 0.15) is 6.54 Å². The molecule has 2 N–H and O–H groups in total. The van der Waals surface area contributed by atoms with Crippen LogP contribution in [0.1, 0.15) is 23.2 Å². The number of amides is 1. The van der Waals surface area contributed by atoms with Gasteiger partial charge in [0.25, 0.3) is 5.91 Å². The smallest absolute Gasteiger partial charge is 0.323 e. The van der Waals surface area contributed by atoms with E-state index in [1.807, 2.05) is 0 Å². The van der Waals surface area contributed by atoms with Gasteiger partial charge in [0.2, 0.25) is 10.0 Å². The van der Waals surface area contributed by atoms with Gasteiger partial charge in [-0.3, -0.25) is 9.59 Å². The van der Waals surface area contributed by atoms with Gasteiger partial charge in [-0.05, 0) is 31.0 Å². The van der Waals surface area contributed by atoms with Gasteiger partial charge in [0.05, 0.1) is 4.90 Å². The Kier molecular flexibility index (Phi) is 4.29. The highest BCUT2D eigenvalue weighted by atomic mass is 32.2. The minimum Gasteiger partial charge on any atom is -0.480 e. The van der Waals surface area contributed by atoms with Gasteiger partial charge < -0.3 is 10.0 Å². The molecule has 0 bridgehead atoms. The Hall–Kier alpha value is -1.93. The van der Waals surface area contributed by atoms with Crippen molar-refractivity contribution >= 4 is 21.9 Å². The second-order valence-corrected chi connectivity index (χ2v) is 6.69. The van der Waals surface area contributed by atoms with Crippen molar-refractivity contribution in [3.63, 3.8) is 0 Å². The van der Waals surface area contributed by atoms with E-state index in [9.17, 15) is 18.0 Å². The van der Waals surface area contributed by atoms with Crippen LogP contribution in [0.3, 0.4) is 0 Å². The Morgan fingerprint density at radius 3 is 2.62 bits per heavy atom. The van der Waals surface area contributed by atoms with E-state index in [1.54, 1.807) is 0 Å². The van der Waals surface area contributed by atoms with Crippen LogP contribution in [0.25, 0.3) is 0 Å². The van der Waals surface area contributed by atoms with E-state index >= 15 is 0 Å². The number of carbonyl (C=O) groups excluding carboxylic acids is 1. The third-order valence-electron chi connectivity index (χ3n) is 3.01. The van der Waals surface area contributed by atoms with Crippen LogP contribution in [-0.4, -0.2) is 49.9 Å². The van der Waals surface area contributed by atoms with Crippen molar-refractivity contribution in [3.8, 4) is 0 Å². The summed E-state index contributed by atoms with van der Waals surface area (Å²) in [7, 11) is -2.29. The number of benzene rings is 1. The molecule has 1 aromatic carbocycles. The second kappa shape index (κ2) is 5.82. The number of hydrogen-bond donors (Lipinski definition) is 2. The van der Waals surface area contributed by atoms with Gasteiger partial charge in [0.15, 0.2) is 0 Å². The molecule has 1 aromatic rings. The minimum absolute atomic E-state index is 0.00368. The summed E-state index contributed by atoms with van der Waals surface area (Å²) >= 11 is 0. The number of hydrogen-bond acceptors (Lipinski definition) is 4. The first-order valence-corrected chi connectivity index (χ1v) is 7.87. The molecule has 7 nitrogen and oxygen atoms in total. The molecular weight excluding hydrogens is 296 g/mol. The van der Waals surface area contributed by atoms with Crippen molar-refractivity contribution in [1.29, 1.82) is 0 Å². The Morgan fingerprint density at radius 2 is 2.05 bits per heavy atom. The fraction of sp³-hybridized carbons (Fsp3) is 0.385. The van der Waals surface area contributed by atoms with Crippen molar-refractivity contribution < 1.29 is 23.1 Å². The van der Waals surface area contributed by atoms with Crippen LogP contribution in [0, 0.1) is 0 Å². The molecule has 0 radical (unpaired) electrons. The molecule has 0 heterocycles. The van der Waals surface area contributed by atoms with E-state index in [-0.39, 0.29) is 16.5 Å². The summed E-state index contributed by atoms with van der Waals surface area (Å²) in [5.74, 6) is -1.68. The Balaban J connectivity index is 2.20. The van der Waals surface area contributed by atoms with Gasteiger partial charge >= 0.3 is 5.97 Å². The lowest BCUT2D eigenvalue weighted by atomic mass is 10.2. The van der Waals surface area contributed by atoms with Gasteiger partial charge in [-0.25, -0.2) is 13.1 Å². The van der Waals surface area contributed by atoms with E-state index in [4.69, 9.17) is 5.11 Å². The first-order valence-electron chi connectivity index (χ1n) is 6.39. The predicted octanol–water partition coefficient (Wildman–Crippen LogP) is 0.284. The standard InChI is InChI=1S/C13H16N2O5S/c1-15(8-12(16)17)13(18)9-3-2-4-11(7-9)21(19,20)14-10-5-6-10/h2-4,7,10,14H,5-6,8H2,1H3,(H,16,17). The normalized spacial score (nSPS) is 14.7. The van der Waals surface area contributed by atoms with Crippen molar-refractivity contribution in [1.82, 2.24) is 9.62 Å². The molecule has 0 spiro atoms.